The minimum atomic E-state index is -0.244. The molecule has 0 aliphatic heterocycles. The van der Waals surface area contributed by atoms with E-state index in [1.54, 1.807) is 25.7 Å². The number of amidine groups is 1. The SMILES string of the molecule is CO[C@H]1CC[C@H](NC(=O)c2nc(N[C@H]3CCCC[C@H]3NC(=N)c3ccoc3)c3cc(C)ccc3n2)CC1.Cl.Cl. The van der Waals surface area contributed by atoms with Gasteiger partial charge in [0, 0.05) is 30.6 Å². The first kappa shape index (κ1) is 30.7. The van der Waals surface area contributed by atoms with Gasteiger partial charge in [-0.1, -0.05) is 24.5 Å². The number of hydrogen-bond donors (Lipinski definition) is 4. The first-order valence-electron chi connectivity index (χ1n) is 13.3. The minimum absolute atomic E-state index is 0. The molecule has 2 aromatic heterocycles. The molecule has 39 heavy (non-hydrogen) atoms. The van der Waals surface area contributed by atoms with E-state index in [1.807, 2.05) is 19.1 Å². The monoisotopic (exact) mass is 576 g/mol. The zero-order valence-corrected chi connectivity index (χ0v) is 24.0. The lowest BCUT2D eigenvalue weighted by Gasteiger charge is -2.34. The molecule has 3 aromatic rings. The predicted molar refractivity (Wildman–Crippen MR) is 158 cm³/mol. The second-order valence-electron chi connectivity index (χ2n) is 10.3. The number of amides is 1. The maximum atomic E-state index is 13.2. The Kier molecular flexibility index (Phi) is 11.0. The summed E-state index contributed by atoms with van der Waals surface area (Å²) in [5.41, 5.74) is 2.57. The van der Waals surface area contributed by atoms with Crippen molar-refractivity contribution in [2.24, 2.45) is 0 Å². The topological polar surface area (TPSA) is 125 Å². The van der Waals surface area contributed by atoms with Crippen molar-refractivity contribution in [2.75, 3.05) is 12.4 Å². The van der Waals surface area contributed by atoms with E-state index in [9.17, 15) is 4.79 Å². The number of anilines is 1. The van der Waals surface area contributed by atoms with Crippen LogP contribution >= 0.6 is 24.8 Å². The molecule has 0 spiro atoms. The van der Waals surface area contributed by atoms with Gasteiger partial charge in [0.1, 0.15) is 17.9 Å². The Morgan fingerprint density at radius 3 is 2.44 bits per heavy atom. The van der Waals surface area contributed by atoms with Crippen LogP contribution in [0.25, 0.3) is 10.9 Å². The standard InChI is InChI=1S/C28H36N6O3.2ClH/c1-17-7-12-22-21(15-17)26(34-27(32-22)28(35)30-19-8-10-20(36-2)11-9-19)33-24-6-4-3-5-23(24)31-25(29)18-13-14-37-16-18;;/h7,12-16,19-20,23-24H,3-6,8-11H2,1-2H3,(H2,29,31)(H,30,35)(H,32,33,34);2*1H/t19-,20-,23-,24+;;/m1../s1. The first-order chi connectivity index (χ1) is 18.0. The van der Waals surface area contributed by atoms with Gasteiger partial charge in [-0.2, -0.15) is 0 Å². The lowest BCUT2D eigenvalue weighted by molar-refractivity contribution is 0.0597. The van der Waals surface area contributed by atoms with Crippen molar-refractivity contribution in [3.8, 4) is 0 Å². The second-order valence-corrected chi connectivity index (χ2v) is 10.3. The number of carbonyl (C=O) groups excluding carboxylic acids is 1. The fourth-order valence-corrected chi connectivity index (χ4v) is 5.47. The highest BCUT2D eigenvalue weighted by Gasteiger charge is 2.28. The smallest absolute Gasteiger partial charge is 0.289 e. The average Bonchev–Trinajstić information content (AvgIpc) is 3.46. The molecule has 0 saturated heterocycles. The number of methoxy groups -OCH3 is 1. The van der Waals surface area contributed by atoms with Crippen molar-refractivity contribution >= 4 is 53.3 Å². The Morgan fingerprint density at radius 1 is 1.00 bits per heavy atom. The quantitative estimate of drug-likeness (QED) is 0.219. The summed E-state index contributed by atoms with van der Waals surface area (Å²) in [5, 5.41) is 19.5. The number of hydrogen-bond acceptors (Lipinski definition) is 7. The van der Waals surface area contributed by atoms with Crippen LogP contribution in [0.3, 0.4) is 0 Å². The Labute approximate surface area is 241 Å². The van der Waals surface area contributed by atoms with E-state index < -0.39 is 0 Å². The fraction of sp³-hybridized carbons (Fsp3) is 0.500. The molecule has 2 aliphatic carbocycles. The summed E-state index contributed by atoms with van der Waals surface area (Å²) >= 11 is 0. The molecule has 2 heterocycles. The summed E-state index contributed by atoms with van der Waals surface area (Å²) in [6.45, 7) is 2.04. The van der Waals surface area contributed by atoms with E-state index in [0.29, 0.717) is 11.7 Å². The Morgan fingerprint density at radius 2 is 1.74 bits per heavy atom. The summed E-state index contributed by atoms with van der Waals surface area (Å²) < 4.78 is 10.6. The molecule has 1 amide bonds. The predicted octanol–water partition coefficient (Wildman–Crippen LogP) is 5.40. The van der Waals surface area contributed by atoms with Crippen LogP contribution in [-0.4, -0.2) is 53.1 Å². The molecule has 2 fully saturated rings. The molecule has 9 nitrogen and oxygen atoms in total. The number of benzene rings is 1. The Bertz CT molecular complexity index is 1250. The number of ether oxygens (including phenoxy) is 1. The number of nitrogens with zero attached hydrogens (tertiary/aromatic N) is 2. The van der Waals surface area contributed by atoms with Crippen molar-refractivity contribution < 1.29 is 13.9 Å². The van der Waals surface area contributed by atoms with Crippen LogP contribution in [0.5, 0.6) is 0 Å². The van der Waals surface area contributed by atoms with E-state index in [1.165, 1.54) is 0 Å². The lowest BCUT2D eigenvalue weighted by atomic mass is 9.90. The third-order valence-electron chi connectivity index (χ3n) is 7.62. The Hall–Kier alpha value is -2.88. The molecule has 2 saturated carbocycles. The van der Waals surface area contributed by atoms with Crippen LogP contribution in [0.2, 0.25) is 0 Å². The molecule has 11 heteroatoms. The van der Waals surface area contributed by atoms with Crippen LogP contribution in [-0.2, 0) is 4.74 Å². The third-order valence-corrected chi connectivity index (χ3v) is 7.62. The molecule has 0 bridgehead atoms. The molecule has 0 radical (unpaired) electrons. The number of halogens is 2. The van der Waals surface area contributed by atoms with Gasteiger partial charge in [0.2, 0.25) is 5.82 Å². The molecule has 212 valence electrons. The maximum absolute atomic E-state index is 13.2. The van der Waals surface area contributed by atoms with Crippen molar-refractivity contribution in [2.45, 2.75) is 82.5 Å². The average molecular weight is 578 g/mol. The highest BCUT2D eigenvalue weighted by atomic mass is 35.5. The number of aromatic nitrogens is 2. The lowest BCUT2D eigenvalue weighted by Crippen LogP contribution is -2.48. The van der Waals surface area contributed by atoms with Gasteiger partial charge in [-0.25, -0.2) is 9.97 Å². The van der Waals surface area contributed by atoms with Gasteiger partial charge in [0.15, 0.2) is 0 Å². The number of fused-ring (bicyclic) bond motifs is 1. The van der Waals surface area contributed by atoms with Crippen molar-refractivity contribution in [1.29, 1.82) is 5.41 Å². The van der Waals surface area contributed by atoms with Crippen LogP contribution in [0.4, 0.5) is 5.82 Å². The van der Waals surface area contributed by atoms with Gasteiger partial charge >= 0.3 is 0 Å². The molecule has 2 atom stereocenters. The molecule has 0 unspecified atom stereocenters. The molecule has 2 aliphatic rings. The van der Waals surface area contributed by atoms with Gasteiger partial charge in [-0.3, -0.25) is 10.2 Å². The van der Waals surface area contributed by atoms with Crippen LogP contribution in [0.15, 0.2) is 41.2 Å². The summed E-state index contributed by atoms with van der Waals surface area (Å²) in [4.78, 5) is 22.6. The highest BCUT2D eigenvalue weighted by Crippen LogP contribution is 2.27. The van der Waals surface area contributed by atoms with Gasteiger partial charge < -0.3 is 25.1 Å². The number of rotatable bonds is 7. The van der Waals surface area contributed by atoms with Crippen molar-refractivity contribution in [3.05, 3.63) is 53.7 Å². The number of furan rings is 1. The number of aryl methyl sites for hydroxylation is 1. The van der Waals surface area contributed by atoms with Gasteiger partial charge in [0.25, 0.3) is 5.91 Å². The number of carbonyl (C=O) groups is 1. The second kappa shape index (κ2) is 14.0. The molecule has 4 N–H and O–H groups in total. The van der Waals surface area contributed by atoms with Gasteiger partial charge in [0.05, 0.1) is 23.4 Å². The van der Waals surface area contributed by atoms with E-state index in [2.05, 4.69) is 27.0 Å². The van der Waals surface area contributed by atoms with Gasteiger partial charge in [-0.15, -0.1) is 24.8 Å². The summed E-state index contributed by atoms with van der Waals surface area (Å²) in [6, 6.07) is 8.01. The molecule has 1 aromatic carbocycles. The van der Waals surface area contributed by atoms with Crippen LogP contribution in [0.1, 0.15) is 73.1 Å². The highest BCUT2D eigenvalue weighted by molar-refractivity contribution is 5.97. The van der Waals surface area contributed by atoms with Crippen LogP contribution < -0.4 is 16.0 Å². The Balaban J connectivity index is 0.00000210. The summed E-state index contributed by atoms with van der Waals surface area (Å²) in [7, 11) is 1.75. The van der Waals surface area contributed by atoms with Crippen LogP contribution in [0, 0.1) is 12.3 Å². The maximum Gasteiger partial charge on any atom is 0.289 e. The van der Waals surface area contributed by atoms with Gasteiger partial charge in [-0.05, 0) is 63.6 Å². The summed E-state index contributed by atoms with van der Waals surface area (Å²) in [6.07, 6.45) is 11.2. The summed E-state index contributed by atoms with van der Waals surface area (Å²) in [5.74, 6) is 0.945. The van der Waals surface area contributed by atoms with E-state index in [0.717, 1.165) is 73.4 Å². The fourth-order valence-electron chi connectivity index (χ4n) is 5.47. The van der Waals surface area contributed by atoms with Crippen molar-refractivity contribution in [1.82, 2.24) is 20.6 Å². The first-order valence-corrected chi connectivity index (χ1v) is 13.3. The molecular weight excluding hydrogens is 539 g/mol. The van der Waals surface area contributed by atoms with Crippen molar-refractivity contribution in [3.63, 3.8) is 0 Å². The third kappa shape index (κ3) is 7.41. The minimum Gasteiger partial charge on any atom is -0.472 e. The molecular formula is C28H38Cl2N6O3. The van der Waals surface area contributed by atoms with E-state index in [4.69, 9.17) is 19.5 Å². The molecule has 5 rings (SSSR count). The largest absolute Gasteiger partial charge is 0.472 e. The zero-order valence-electron chi connectivity index (χ0n) is 22.4. The normalized spacial score (nSPS) is 22.7. The zero-order chi connectivity index (χ0) is 25.8. The number of nitrogens with one attached hydrogen (secondary N) is 4. The van der Waals surface area contributed by atoms with E-state index in [-0.39, 0.29) is 60.8 Å². The van der Waals surface area contributed by atoms with E-state index >= 15 is 0 Å².